The average molecular weight is 452 g/mol. The molecular weight excluding hydrogens is 414 g/mol. The predicted molar refractivity (Wildman–Crippen MR) is 131 cm³/mol. The monoisotopic (exact) mass is 451 g/mol. The molecule has 2 aliphatic carbocycles. The third kappa shape index (κ3) is 6.04. The zero-order valence-corrected chi connectivity index (χ0v) is 20.1. The Morgan fingerprint density at radius 2 is 1.82 bits per heavy atom. The van der Waals surface area contributed by atoms with Crippen LogP contribution in [0.1, 0.15) is 82.5 Å². The van der Waals surface area contributed by atoms with Gasteiger partial charge in [-0.25, -0.2) is 4.98 Å². The zero-order valence-electron chi connectivity index (χ0n) is 20.1. The van der Waals surface area contributed by atoms with E-state index in [1.165, 1.54) is 25.7 Å². The first-order valence-electron chi connectivity index (χ1n) is 12.4. The van der Waals surface area contributed by atoms with Crippen molar-refractivity contribution in [3.8, 4) is 0 Å². The number of hydrogen-bond acceptors (Lipinski definition) is 5. The third-order valence-corrected chi connectivity index (χ3v) is 7.50. The third-order valence-electron chi connectivity index (χ3n) is 7.50. The first kappa shape index (κ1) is 23.5. The van der Waals surface area contributed by atoms with Gasteiger partial charge in [-0.3, -0.25) is 9.59 Å². The molecular formula is C27H37N3O3. The van der Waals surface area contributed by atoms with Crippen molar-refractivity contribution in [2.24, 2.45) is 11.3 Å². The van der Waals surface area contributed by atoms with E-state index in [-0.39, 0.29) is 18.1 Å². The maximum absolute atomic E-state index is 12.9. The summed E-state index contributed by atoms with van der Waals surface area (Å²) < 4.78 is 5.11. The molecule has 6 nitrogen and oxygen atoms in total. The number of rotatable bonds is 6. The van der Waals surface area contributed by atoms with Gasteiger partial charge in [-0.15, -0.1) is 0 Å². The van der Waals surface area contributed by atoms with Crippen LogP contribution in [0.5, 0.6) is 0 Å². The number of aromatic nitrogens is 1. The summed E-state index contributed by atoms with van der Waals surface area (Å²) in [5.74, 6) is 1.58. The molecule has 1 aromatic heterocycles. The van der Waals surface area contributed by atoms with E-state index in [9.17, 15) is 9.59 Å². The molecule has 1 heterocycles. The lowest BCUT2D eigenvalue weighted by atomic mass is 9.71. The van der Waals surface area contributed by atoms with E-state index in [1.54, 1.807) is 0 Å². The Bertz CT molecular complexity index is 976. The van der Waals surface area contributed by atoms with Crippen molar-refractivity contribution >= 4 is 29.0 Å². The summed E-state index contributed by atoms with van der Waals surface area (Å²) in [5.41, 5.74) is 1.02. The Hall–Kier alpha value is -2.63. The van der Waals surface area contributed by atoms with Gasteiger partial charge >= 0.3 is 0 Å². The van der Waals surface area contributed by atoms with Crippen LogP contribution in [0.25, 0.3) is 10.8 Å². The second-order valence-electron chi connectivity index (χ2n) is 10.9. The van der Waals surface area contributed by atoms with Gasteiger partial charge in [-0.2, -0.15) is 0 Å². The van der Waals surface area contributed by atoms with Gasteiger partial charge in [0, 0.05) is 35.7 Å². The van der Waals surface area contributed by atoms with Crippen LogP contribution < -0.4 is 10.6 Å². The van der Waals surface area contributed by atoms with Gasteiger partial charge in [0.05, 0.1) is 0 Å². The van der Waals surface area contributed by atoms with E-state index in [4.69, 9.17) is 4.74 Å². The van der Waals surface area contributed by atoms with Crippen LogP contribution in [0.2, 0.25) is 0 Å². The molecule has 2 saturated carbocycles. The van der Waals surface area contributed by atoms with Gasteiger partial charge < -0.3 is 15.4 Å². The van der Waals surface area contributed by atoms with Crippen molar-refractivity contribution in [1.82, 2.24) is 10.3 Å². The Morgan fingerprint density at radius 3 is 2.55 bits per heavy atom. The van der Waals surface area contributed by atoms with Crippen LogP contribution in [-0.4, -0.2) is 35.6 Å². The number of ether oxygens (including phenoxy) is 1. The highest BCUT2D eigenvalue weighted by atomic mass is 16.5. The average Bonchev–Trinajstić information content (AvgIpc) is 2.79. The minimum absolute atomic E-state index is 0.0322. The first-order valence-corrected chi connectivity index (χ1v) is 12.4. The number of anilines is 1. The molecule has 6 heteroatoms. The maximum atomic E-state index is 12.9. The van der Waals surface area contributed by atoms with Gasteiger partial charge in [0.25, 0.3) is 12.4 Å². The number of fused-ring (bicyclic) bond motifs is 1. The molecule has 0 aliphatic heterocycles. The lowest BCUT2D eigenvalue weighted by Crippen LogP contribution is -2.40. The summed E-state index contributed by atoms with van der Waals surface area (Å²) in [6.07, 6.45) is 10.0. The fourth-order valence-corrected chi connectivity index (χ4v) is 5.42. The second-order valence-corrected chi connectivity index (χ2v) is 10.9. The molecule has 2 atom stereocenters. The molecule has 0 saturated heterocycles. The lowest BCUT2D eigenvalue weighted by Gasteiger charge is -2.37. The molecule has 1 aromatic carbocycles. The second kappa shape index (κ2) is 10.1. The van der Waals surface area contributed by atoms with Gasteiger partial charge in [-0.05, 0) is 79.9 Å². The number of carbonyl (C=O) groups is 2. The van der Waals surface area contributed by atoms with Crippen molar-refractivity contribution in [2.45, 2.75) is 90.3 Å². The Balaban J connectivity index is 1.39. The number of nitrogens with one attached hydrogen (secondary N) is 2. The highest BCUT2D eigenvalue weighted by Gasteiger charge is 2.29. The Morgan fingerprint density at radius 1 is 1.03 bits per heavy atom. The smallest absolute Gasteiger partial charge is 0.293 e. The lowest BCUT2D eigenvalue weighted by molar-refractivity contribution is -0.135. The molecule has 2 aliphatic rings. The largest absolute Gasteiger partial charge is 0.465 e. The van der Waals surface area contributed by atoms with Crippen molar-refractivity contribution in [3.63, 3.8) is 0 Å². The predicted octanol–water partition coefficient (Wildman–Crippen LogP) is 5.47. The molecule has 0 bridgehead atoms. The minimum Gasteiger partial charge on any atom is -0.465 e. The van der Waals surface area contributed by atoms with Crippen molar-refractivity contribution < 1.29 is 14.3 Å². The summed E-state index contributed by atoms with van der Waals surface area (Å²) in [6.45, 7) is 7.54. The van der Waals surface area contributed by atoms with Gasteiger partial charge in [0.15, 0.2) is 0 Å². The highest BCUT2D eigenvalue weighted by molar-refractivity contribution is 5.99. The van der Waals surface area contributed by atoms with Crippen molar-refractivity contribution in [1.29, 1.82) is 0 Å². The quantitative estimate of drug-likeness (QED) is 0.570. The molecule has 0 spiro atoms. The standard InChI is InChI=1S/C27H37N3O3/c1-27(2,3)21-9-11-22(12-10-21)29-25-14-20-13-18(7-8-19(20)16-28-25)26(32)30-23-5-4-6-24(15-23)33-17-31/h7-8,13-14,16-17,21-24H,4-6,9-12,15H2,1-3H3,(H,28,29)(H,30,32). The van der Waals surface area contributed by atoms with Crippen LogP contribution >= 0.6 is 0 Å². The molecule has 4 rings (SSSR count). The fourth-order valence-electron chi connectivity index (χ4n) is 5.42. The van der Waals surface area contributed by atoms with Crippen LogP contribution in [0, 0.1) is 11.3 Å². The number of hydrogen-bond donors (Lipinski definition) is 2. The number of nitrogens with zero attached hydrogens (tertiary/aromatic N) is 1. The summed E-state index contributed by atoms with van der Waals surface area (Å²) in [6, 6.07) is 8.28. The normalized spacial score (nSPS) is 25.9. The zero-order chi connectivity index (χ0) is 23.4. The van der Waals surface area contributed by atoms with E-state index >= 15 is 0 Å². The summed E-state index contributed by atoms with van der Waals surface area (Å²) in [4.78, 5) is 28.1. The topological polar surface area (TPSA) is 80.3 Å². The van der Waals surface area contributed by atoms with E-state index in [0.29, 0.717) is 29.9 Å². The summed E-state index contributed by atoms with van der Waals surface area (Å²) >= 11 is 0. The van der Waals surface area contributed by atoms with Crippen LogP contribution in [0.4, 0.5) is 5.82 Å². The minimum atomic E-state index is -0.101. The molecule has 33 heavy (non-hydrogen) atoms. The highest BCUT2D eigenvalue weighted by Crippen LogP contribution is 2.38. The summed E-state index contributed by atoms with van der Waals surface area (Å²) in [7, 11) is 0. The molecule has 178 valence electrons. The number of amides is 1. The molecule has 2 aromatic rings. The fraction of sp³-hybridized carbons (Fsp3) is 0.593. The van der Waals surface area contributed by atoms with Crippen LogP contribution in [0.3, 0.4) is 0 Å². The van der Waals surface area contributed by atoms with Gasteiger partial charge in [0.1, 0.15) is 11.9 Å². The van der Waals surface area contributed by atoms with E-state index in [2.05, 4.69) is 42.5 Å². The van der Waals surface area contributed by atoms with E-state index in [1.807, 2.05) is 24.4 Å². The number of pyridine rings is 1. The molecule has 2 unspecified atom stereocenters. The van der Waals surface area contributed by atoms with Crippen LogP contribution in [0.15, 0.2) is 30.5 Å². The number of carbonyl (C=O) groups excluding carboxylic acids is 2. The van der Waals surface area contributed by atoms with Crippen molar-refractivity contribution in [2.75, 3.05) is 5.32 Å². The van der Waals surface area contributed by atoms with E-state index in [0.717, 1.165) is 41.8 Å². The SMILES string of the molecule is CC(C)(C)C1CCC(Nc2cc3cc(C(=O)NC4CCCC(OC=O)C4)ccc3cn2)CC1. The van der Waals surface area contributed by atoms with Crippen LogP contribution in [-0.2, 0) is 9.53 Å². The Kier molecular flexibility index (Phi) is 7.20. The Labute approximate surface area is 196 Å². The number of benzene rings is 1. The summed E-state index contributed by atoms with van der Waals surface area (Å²) in [5, 5.41) is 8.77. The molecule has 1 amide bonds. The molecule has 0 radical (unpaired) electrons. The maximum Gasteiger partial charge on any atom is 0.293 e. The molecule has 2 fully saturated rings. The first-order chi connectivity index (χ1) is 15.8. The van der Waals surface area contributed by atoms with Gasteiger partial charge in [0.2, 0.25) is 0 Å². The molecule has 2 N–H and O–H groups in total. The van der Waals surface area contributed by atoms with E-state index < -0.39 is 0 Å². The van der Waals surface area contributed by atoms with Gasteiger partial charge in [-0.1, -0.05) is 26.8 Å². The van der Waals surface area contributed by atoms with Crippen molar-refractivity contribution in [3.05, 3.63) is 36.0 Å².